The number of ether oxygens (including phenoxy) is 2. The lowest BCUT2D eigenvalue weighted by atomic mass is 9.71. The van der Waals surface area contributed by atoms with Gasteiger partial charge in [0, 0.05) is 5.41 Å². The van der Waals surface area contributed by atoms with E-state index in [1.807, 2.05) is 20.8 Å². The summed E-state index contributed by atoms with van der Waals surface area (Å²) in [5.41, 5.74) is 0.234. The zero-order valence-corrected chi connectivity index (χ0v) is 18.8. The van der Waals surface area contributed by atoms with Crippen molar-refractivity contribution < 1.29 is 18.5 Å². The summed E-state index contributed by atoms with van der Waals surface area (Å²) in [4.78, 5) is 11.4. The molecule has 2 saturated heterocycles. The summed E-state index contributed by atoms with van der Waals surface area (Å²) >= 11 is 0. The lowest BCUT2D eigenvalue weighted by molar-refractivity contribution is -0.126. The van der Waals surface area contributed by atoms with Gasteiger partial charge in [0.15, 0.2) is 5.78 Å². The average molecular weight is 414 g/mol. The van der Waals surface area contributed by atoms with Crippen molar-refractivity contribution in [2.24, 2.45) is 10.8 Å². The van der Waals surface area contributed by atoms with E-state index in [0.717, 1.165) is 26.1 Å². The fourth-order valence-corrected chi connectivity index (χ4v) is 6.03. The van der Waals surface area contributed by atoms with Crippen molar-refractivity contribution in [1.82, 2.24) is 4.72 Å². The first-order chi connectivity index (χ1) is 13.3. The maximum atomic E-state index is 12.2. The second-order valence-corrected chi connectivity index (χ2v) is 12.2. The summed E-state index contributed by atoms with van der Waals surface area (Å²) < 4.78 is 26.2. The molecule has 2 saturated carbocycles. The number of hydrogen-bond donors (Lipinski definition) is 1. The van der Waals surface area contributed by atoms with Crippen LogP contribution in [0.2, 0.25) is 0 Å². The number of ketones is 1. The van der Waals surface area contributed by atoms with E-state index in [4.69, 9.17) is 9.47 Å². The number of hydrogen-bond acceptors (Lipinski definition) is 4. The molecule has 0 amide bonds. The van der Waals surface area contributed by atoms with Gasteiger partial charge in [-0.3, -0.25) is 4.79 Å². The van der Waals surface area contributed by atoms with Crippen LogP contribution in [0.4, 0.5) is 0 Å². The highest BCUT2D eigenvalue weighted by atomic mass is 32.2. The van der Waals surface area contributed by atoms with Crippen LogP contribution in [0, 0.1) is 10.8 Å². The molecule has 4 rings (SSSR count). The molecule has 6 heteroatoms. The molecule has 0 aromatic heterocycles. The van der Waals surface area contributed by atoms with Gasteiger partial charge in [-0.1, -0.05) is 38.5 Å². The van der Waals surface area contributed by atoms with Gasteiger partial charge in [-0.15, -0.1) is 0 Å². The van der Waals surface area contributed by atoms with Crippen molar-refractivity contribution in [3.05, 3.63) is 0 Å². The van der Waals surface area contributed by atoms with Crippen LogP contribution in [0.3, 0.4) is 0 Å². The minimum atomic E-state index is -0.985. The van der Waals surface area contributed by atoms with E-state index in [0.29, 0.717) is 19.0 Å². The predicted octanol–water partition coefficient (Wildman–Crippen LogP) is 3.92. The third-order valence-corrected chi connectivity index (χ3v) is 8.69. The van der Waals surface area contributed by atoms with E-state index in [2.05, 4.69) is 4.72 Å². The zero-order valence-electron chi connectivity index (χ0n) is 18.0. The topological polar surface area (TPSA) is 64.6 Å². The molecule has 0 radical (unpaired) electrons. The van der Waals surface area contributed by atoms with Gasteiger partial charge in [0.2, 0.25) is 0 Å². The molecule has 2 aliphatic carbocycles. The molecule has 2 atom stereocenters. The standard InChI is InChI=1S/C13H25NO2S.C9H14O2/c1-12(2,3)17(15)14-11-9-16-10-13(11)7-5-4-6-8-13;10-8-6-11-7-9(8)4-2-1-3-5-9/h11,14H,4-10H2,1-3H3;1-7H2. The third kappa shape index (κ3) is 5.05. The van der Waals surface area contributed by atoms with E-state index >= 15 is 0 Å². The smallest absolute Gasteiger partial charge is 0.166 e. The van der Waals surface area contributed by atoms with Crippen molar-refractivity contribution in [3.8, 4) is 0 Å². The summed E-state index contributed by atoms with van der Waals surface area (Å²) in [6.45, 7) is 8.69. The largest absolute Gasteiger partial charge is 0.379 e. The average Bonchev–Trinajstić information content (AvgIpc) is 3.20. The molecule has 28 heavy (non-hydrogen) atoms. The van der Waals surface area contributed by atoms with Crippen LogP contribution in [0.5, 0.6) is 0 Å². The summed E-state index contributed by atoms with van der Waals surface area (Å²) in [5.74, 6) is 0.359. The predicted molar refractivity (Wildman–Crippen MR) is 113 cm³/mol. The van der Waals surface area contributed by atoms with Gasteiger partial charge in [-0.2, -0.15) is 0 Å². The summed E-state index contributed by atoms with van der Waals surface area (Å²) in [5, 5.41) is 0. The SMILES string of the molecule is CC(C)(C)S(=O)NC1COCC12CCCCC2.O=C1COCC12CCCCC2. The third-order valence-electron chi connectivity index (χ3n) is 7.08. The van der Waals surface area contributed by atoms with Crippen molar-refractivity contribution >= 4 is 16.8 Å². The maximum Gasteiger partial charge on any atom is 0.166 e. The van der Waals surface area contributed by atoms with Crippen LogP contribution in [0.15, 0.2) is 0 Å². The molecular weight excluding hydrogens is 374 g/mol. The number of nitrogens with one attached hydrogen (secondary N) is 1. The Morgan fingerprint density at radius 1 is 0.929 bits per heavy atom. The van der Waals surface area contributed by atoms with Gasteiger partial charge in [0.1, 0.15) is 6.61 Å². The highest BCUT2D eigenvalue weighted by Gasteiger charge is 2.46. The minimum absolute atomic E-state index is 0.0295. The first-order valence-electron chi connectivity index (χ1n) is 11.1. The van der Waals surface area contributed by atoms with Crippen LogP contribution >= 0.6 is 0 Å². The molecule has 162 valence electrons. The van der Waals surface area contributed by atoms with Gasteiger partial charge in [0.25, 0.3) is 0 Å². The Kier molecular flexibility index (Phi) is 7.38. The molecule has 2 heterocycles. The molecule has 5 nitrogen and oxygen atoms in total. The Labute approximate surface area is 173 Å². The molecule has 4 fully saturated rings. The summed E-state index contributed by atoms with van der Waals surface area (Å²) in [6.07, 6.45) is 12.3. The van der Waals surface area contributed by atoms with E-state index in [9.17, 15) is 9.00 Å². The molecule has 2 spiro atoms. The van der Waals surface area contributed by atoms with Crippen molar-refractivity contribution in [2.45, 2.75) is 95.8 Å². The normalized spacial score (nSPS) is 30.2. The van der Waals surface area contributed by atoms with Gasteiger partial charge < -0.3 is 9.47 Å². The molecule has 0 aromatic rings. The van der Waals surface area contributed by atoms with Gasteiger partial charge >= 0.3 is 0 Å². The van der Waals surface area contributed by atoms with E-state index in [-0.39, 0.29) is 21.6 Å². The second-order valence-electron chi connectivity index (χ2n) is 10.2. The monoisotopic (exact) mass is 413 g/mol. The quantitative estimate of drug-likeness (QED) is 0.745. The Bertz CT molecular complexity index is 559. The van der Waals surface area contributed by atoms with Gasteiger partial charge in [-0.05, 0) is 46.5 Å². The minimum Gasteiger partial charge on any atom is -0.379 e. The van der Waals surface area contributed by atoms with Crippen LogP contribution in [0.1, 0.15) is 85.0 Å². The van der Waals surface area contributed by atoms with Crippen molar-refractivity contribution in [2.75, 3.05) is 26.4 Å². The molecular formula is C22H39NO4S. The fourth-order valence-electron chi connectivity index (χ4n) is 5.10. The number of carbonyl (C=O) groups is 1. The Hall–Kier alpha value is -0.300. The van der Waals surface area contributed by atoms with E-state index < -0.39 is 11.0 Å². The highest BCUT2D eigenvalue weighted by molar-refractivity contribution is 7.84. The molecule has 1 N–H and O–H groups in total. The first kappa shape index (κ1) is 22.4. The Morgan fingerprint density at radius 2 is 1.54 bits per heavy atom. The van der Waals surface area contributed by atoms with Crippen molar-refractivity contribution in [1.29, 1.82) is 0 Å². The highest BCUT2D eigenvalue weighted by Crippen LogP contribution is 2.43. The zero-order chi connectivity index (χ0) is 20.3. The van der Waals surface area contributed by atoms with Crippen LogP contribution in [0.25, 0.3) is 0 Å². The van der Waals surface area contributed by atoms with Crippen molar-refractivity contribution in [3.63, 3.8) is 0 Å². The van der Waals surface area contributed by atoms with E-state index in [1.54, 1.807) is 0 Å². The Morgan fingerprint density at radius 3 is 2.07 bits per heavy atom. The summed E-state index contributed by atoms with van der Waals surface area (Å²) in [6, 6.07) is 0.280. The lowest BCUT2D eigenvalue weighted by Crippen LogP contribution is -2.49. The lowest BCUT2D eigenvalue weighted by Gasteiger charge is -2.38. The molecule has 2 unspecified atom stereocenters. The summed E-state index contributed by atoms with van der Waals surface area (Å²) in [7, 11) is -0.985. The number of Topliss-reactive ketones (excluding diaryl/α,β-unsaturated/α-hetero) is 1. The second kappa shape index (κ2) is 9.23. The van der Waals surface area contributed by atoms with E-state index in [1.165, 1.54) is 51.4 Å². The van der Waals surface area contributed by atoms with Crippen LogP contribution < -0.4 is 4.72 Å². The first-order valence-corrected chi connectivity index (χ1v) is 12.3. The van der Waals surface area contributed by atoms with Crippen LogP contribution in [-0.2, 0) is 25.3 Å². The molecule has 2 aliphatic heterocycles. The van der Waals surface area contributed by atoms with Crippen LogP contribution in [-0.4, -0.2) is 47.2 Å². The number of rotatable bonds is 2. The molecule has 0 aromatic carbocycles. The fraction of sp³-hybridized carbons (Fsp3) is 0.955. The molecule has 4 aliphatic rings. The maximum absolute atomic E-state index is 12.2. The molecule has 0 bridgehead atoms. The van der Waals surface area contributed by atoms with Gasteiger partial charge in [-0.25, -0.2) is 8.93 Å². The van der Waals surface area contributed by atoms with Gasteiger partial charge in [0.05, 0.1) is 47.0 Å². The Balaban J connectivity index is 0.000000176. The number of carbonyl (C=O) groups excluding carboxylic acids is 1.